The first kappa shape index (κ1) is 12.1. The number of halogens is 1. The molecule has 0 aliphatic rings. The van der Waals surface area contributed by atoms with Gasteiger partial charge in [-0.05, 0) is 36.8 Å². The Labute approximate surface area is 103 Å². The summed E-state index contributed by atoms with van der Waals surface area (Å²) >= 11 is 0. The zero-order chi connectivity index (χ0) is 13.1. The van der Waals surface area contributed by atoms with E-state index in [0.717, 1.165) is 6.08 Å². The van der Waals surface area contributed by atoms with E-state index in [1.54, 1.807) is 31.2 Å². The van der Waals surface area contributed by atoms with Crippen LogP contribution in [0.15, 0.2) is 46.9 Å². The van der Waals surface area contributed by atoms with Crippen molar-refractivity contribution >= 4 is 11.5 Å². The largest absolute Gasteiger partial charge is 0.478 e. The molecule has 0 aliphatic heterocycles. The van der Waals surface area contributed by atoms with Crippen LogP contribution in [0, 0.1) is 5.82 Å². The van der Waals surface area contributed by atoms with Gasteiger partial charge in [0, 0.05) is 11.6 Å². The molecule has 18 heavy (non-hydrogen) atoms. The lowest BCUT2D eigenvalue weighted by atomic mass is 10.2. The van der Waals surface area contributed by atoms with Crippen molar-refractivity contribution in [1.29, 1.82) is 0 Å². The summed E-state index contributed by atoms with van der Waals surface area (Å²) in [4.78, 5) is 10.5. The highest BCUT2D eigenvalue weighted by molar-refractivity contribution is 5.88. The minimum absolute atomic E-state index is 0.344. The quantitative estimate of drug-likeness (QED) is 0.842. The van der Waals surface area contributed by atoms with Crippen LogP contribution in [0.2, 0.25) is 0 Å². The maximum Gasteiger partial charge on any atom is 0.328 e. The van der Waals surface area contributed by atoms with Gasteiger partial charge >= 0.3 is 5.97 Å². The van der Waals surface area contributed by atoms with Crippen LogP contribution in [0.3, 0.4) is 0 Å². The van der Waals surface area contributed by atoms with Gasteiger partial charge in [-0.3, -0.25) is 0 Å². The van der Waals surface area contributed by atoms with E-state index in [9.17, 15) is 9.18 Å². The van der Waals surface area contributed by atoms with E-state index in [1.807, 2.05) is 0 Å². The lowest BCUT2D eigenvalue weighted by molar-refractivity contribution is -0.131. The van der Waals surface area contributed by atoms with Gasteiger partial charge in [0.15, 0.2) is 0 Å². The molecule has 0 spiro atoms. The van der Waals surface area contributed by atoms with E-state index in [1.165, 1.54) is 12.1 Å². The van der Waals surface area contributed by atoms with Gasteiger partial charge in [-0.1, -0.05) is 12.1 Å². The van der Waals surface area contributed by atoms with Crippen LogP contribution in [0.1, 0.15) is 12.7 Å². The highest BCUT2D eigenvalue weighted by atomic mass is 19.1. The molecule has 0 saturated carbocycles. The molecular formula is C14H11FO3. The molecule has 0 amide bonds. The molecule has 0 unspecified atom stereocenters. The third kappa shape index (κ3) is 2.66. The average Bonchev–Trinajstić information content (AvgIpc) is 2.77. The normalized spacial score (nSPS) is 11.6. The van der Waals surface area contributed by atoms with E-state index < -0.39 is 5.97 Å². The number of hydrogen-bond donors (Lipinski definition) is 1. The van der Waals surface area contributed by atoms with Crippen molar-refractivity contribution in [2.75, 3.05) is 0 Å². The van der Waals surface area contributed by atoms with Crippen molar-refractivity contribution in [3.8, 4) is 11.3 Å². The third-order valence-electron chi connectivity index (χ3n) is 2.44. The van der Waals surface area contributed by atoms with E-state index in [0.29, 0.717) is 22.7 Å². The standard InChI is InChI=1S/C14H11FO3/c1-9(7-14(16)17)12-5-6-13(18-12)10-3-2-4-11(15)8-10/h2-8H,1H3,(H,16,17)/b9-7+. The summed E-state index contributed by atoms with van der Waals surface area (Å²) in [6.07, 6.45) is 1.06. The summed E-state index contributed by atoms with van der Waals surface area (Å²) in [5.74, 6) is -0.418. The second kappa shape index (κ2) is 4.87. The fraction of sp³-hybridized carbons (Fsp3) is 0.0714. The van der Waals surface area contributed by atoms with E-state index in [2.05, 4.69) is 0 Å². The van der Waals surface area contributed by atoms with Gasteiger partial charge in [0.1, 0.15) is 17.3 Å². The van der Waals surface area contributed by atoms with Gasteiger partial charge in [0.05, 0.1) is 0 Å². The smallest absolute Gasteiger partial charge is 0.328 e. The number of carboxylic acid groups (broad SMARTS) is 1. The predicted molar refractivity (Wildman–Crippen MR) is 65.4 cm³/mol. The highest BCUT2D eigenvalue weighted by Crippen LogP contribution is 2.26. The summed E-state index contributed by atoms with van der Waals surface area (Å²) in [7, 11) is 0. The Morgan fingerprint density at radius 3 is 2.78 bits per heavy atom. The van der Waals surface area contributed by atoms with Gasteiger partial charge in [-0.25, -0.2) is 9.18 Å². The van der Waals surface area contributed by atoms with Crippen LogP contribution >= 0.6 is 0 Å². The molecule has 0 aliphatic carbocycles. The van der Waals surface area contributed by atoms with Crippen LogP contribution in [0.5, 0.6) is 0 Å². The molecule has 0 saturated heterocycles. The van der Waals surface area contributed by atoms with E-state index in [4.69, 9.17) is 9.52 Å². The summed E-state index contributed by atoms with van der Waals surface area (Å²) < 4.78 is 18.5. The van der Waals surface area contributed by atoms with Crippen LogP contribution in [-0.4, -0.2) is 11.1 Å². The first-order valence-corrected chi connectivity index (χ1v) is 5.33. The molecule has 2 aromatic rings. The Kier molecular flexibility index (Phi) is 3.28. The SMILES string of the molecule is C/C(=C\C(=O)O)c1ccc(-c2cccc(F)c2)o1. The molecule has 3 nitrogen and oxygen atoms in total. The number of hydrogen-bond acceptors (Lipinski definition) is 2. The maximum atomic E-state index is 13.1. The van der Waals surface area contributed by atoms with Crippen LogP contribution in [-0.2, 0) is 4.79 Å². The number of carboxylic acids is 1. The Balaban J connectivity index is 2.34. The fourth-order valence-electron chi connectivity index (χ4n) is 1.60. The lowest BCUT2D eigenvalue weighted by Crippen LogP contribution is -1.88. The summed E-state index contributed by atoms with van der Waals surface area (Å²) in [5.41, 5.74) is 1.12. The van der Waals surface area contributed by atoms with Crippen molar-refractivity contribution in [3.05, 3.63) is 54.1 Å². The summed E-state index contributed by atoms with van der Waals surface area (Å²) in [6.45, 7) is 1.64. The number of carbonyl (C=O) groups is 1. The second-order valence-corrected chi connectivity index (χ2v) is 3.84. The van der Waals surface area contributed by atoms with Gasteiger partial charge in [-0.15, -0.1) is 0 Å². The van der Waals surface area contributed by atoms with Gasteiger partial charge < -0.3 is 9.52 Å². The van der Waals surface area contributed by atoms with Crippen LogP contribution < -0.4 is 0 Å². The highest BCUT2D eigenvalue weighted by Gasteiger charge is 2.07. The lowest BCUT2D eigenvalue weighted by Gasteiger charge is -1.98. The molecule has 1 heterocycles. The van der Waals surface area contributed by atoms with E-state index in [-0.39, 0.29) is 5.82 Å². The topological polar surface area (TPSA) is 50.4 Å². The molecule has 0 radical (unpaired) electrons. The Hall–Kier alpha value is -2.36. The minimum Gasteiger partial charge on any atom is -0.478 e. The van der Waals surface area contributed by atoms with Crippen molar-refractivity contribution < 1.29 is 18.7 Å². The molecule has 0 bridgehead atoms. The molecular weight excluding hydrogens is 235 g/mol. The van der Waals surface area contributed by atoms with Crippen molar-refractivity contribution in [2.24, 2.45) is 0 Å². The second-order valence-electron chi connectivity index (χ2n) is 3.84. The molecule has 92 valence electrons. The van der Waals surface area contributed by atoms with E-state index >= 15 is 0 Å². The fourth-order valence-corrected chi connectivity index (χ4v) is 1.60. The van der Waals surface area contributed by atoms with Crippen LogP contribution in [0.4, 0.5) is 4.39 Å². The first-order chi connectivity index (χ1) is 8.56. The number of benzene rings is 1. The minimum atomic E-state index is -1.03. The monoisotopic (exact) mass is 246 g/mol. The molecule has 1 aromatic heterocycles. The average molecular weight is 246 g/mol. The number of aliphatic carboxylic acids is 1. The maximum absolute atomic E-state index is 13.1. The number of allylic oxidation sites excluding steroid dienone is 1. The van der Waals surface area contributed by atoms with Crippen LogP contribution in [0.25, 0.3) is 16.9 Å². The number of furan rings is 1. The van der Waals surface area contributed by atoms with Crippen molar-refractivity contribution in [2.45, 2.75) is 6.92 Å². The zero-order valence-corrected chi connectivity index (χ0v) is 9.68. The molecule has 4 heteroatoms. The van der Waals surface area contributed by atoms with Gasteiger partial charge in [0.2, 0.25) is 0 Å². The van der Waals surface area contributed by atoms with Crippen molar-refractivity contribution in [1.82, 2.24) is 0 Å². The number of rotatable bonds is 3. The Morgan fingerprint density at radius 1 is 1.33 bits per heavy atom. The molecule has 0 fully saturated rings. The zero-order valence-electron chi connectivity index (χ0n) is 9.68. The van der Waals surface area contributed by atoms with Crippen molar-refractivity contribution in [3.63, 3.8) is 0 Å². The Morgan fingerprint density at radius 2 is 2.11 bits per heavy atom. The molecule has 0 atom stereocenters. The molecule has 1 N–H and O–H groups in total. The molecule has 1 aromatic carbocycles. The van der Waals surface area contributed by atoms with Gasteiger partial charge in [0.25, 0.3) is 0 Å². The van der Waals surface area contributed by atoms with Gasteiger partial charge in [-0.2, -0.15) is 0 Å². The summed E-state index contributed by atoms with van der Waals surface area (Å²) in [6, 6.07) is 9.37. The predicted octanol–water partition coefficient (Wildman–Crippen LogP) is 3.57. The summed E-state index contributed by atoms with van der Waals surface area (Å²) in [5, 5.41) is 8.64. The first-order valence-electron chi connectivity index (χ1n) is 5.33. The molecule has 2 rings (SSSR count). The Bertz CT molecular complexity index is 611. The third-order valence-corrected chi connectivity index (χ3v) is 2.44.